The molecule has 4 rings (SSSR count). The fraction of sp³-hybridized carbons (Fsp3) is 0.538. The number of rotatable bonds is 9. The third-order valence-corrected chi connectivity index (χ3v) is 7.96. The zero-order valence-electron chi connectivity index (χ0n) is 30.8. The molecule has 0 radical (unpaired) electrons. The number of carbonyl (C=O) groups is 2. The fourth-order valence-corrected chi connectivity index (χ4v) is 5.34. The summed E-state index contributed by atoms with van der Waals surface area (Å²) in [6.07, 6.45) is -1.09. The highest BCUT2D eigenvalue weighted by atomic mass is 16.5. The molecule has 0 aliphatic heterocycles. The summed E-state index contributed by atoms with van der Waals surface area (Å²) < 4.78 is 26.1. The molecule has 0 bridgehead atoms. The van der Waals surface area contributed by atoms with Crippen molar-refractivity contribution >= 4 is 33.9 Å². The van der Waals surface area contributed by atoms with Gasteiger partial charge in [-0.3, -0.25) is 0 Å². The van der Waals surface area contributed by atoms with Crippen molar-refractivity contribution < 1.29 is 53.1 Å². The molecule has 2 aromatic heterocycles. The van der Waals surface area contributed by atoms with E-state index in [-0.39, 0.29) is 43.0 Å². The van der Waals surface area contributed by atoms with Crippen LogP contribution in [-0.2, 0) is 4.74 Å². The van der Waals surface area contributed by atoms with E-state index in [1.54, 1.807) is 56.7 Å². The number of fused-ring (bicyclic) bond motifs is 2. The molecule has 0 spiro atoms. The van der Waals surface area contributed by atoms with Crippen molar-refractivity contribution in [2.75, 3.05) is 27.4 Å². The SMILES string of the molecule is C.CC(C)(C)C(O)C(C)(C)CO.COc1ccc2oc(C(=O)O)cc2c1.COc1ccc2oc(C(=O)OCC(C)(C)C(O)C(C)(C)C)cc2c1. The van der Waals surface area contributed by atoms with Gasteiger partial charge in [-0.25, -0.2) is 9.59 Å². The van der Waals surface area contributed by atoms with Crippen molar-refractivity contribution in [3.63, 3.8) is 0 Å². The smallest absolute Gasteiger partial charge is 0.374 e. The van der Waals surface area contributed by atoms with E-state index in [0.717, 1.165) is 10.8 Å². The number of carbonyl (C=O) groups excluding carboxylic acids is 1. The van der Waals surface area contributed by atoms with Crippen LogP contribution in [0.15, 0.2) is 57.4 Å². The van der Waals surface area contributed by atoms with Crippen molar-refractivity contribution in [1.29, 1.82) is 0 Å². The number of methoxy groups -OCH3 is 2. The highest BCUT2D eigenvalue weighted by molar-refractivity contribution is 5.93. The van der Waals surface area contributed by atoms with Gasteiger partial charge in [0.05, 0.1) is 39.6 Å². The van der Waals surface area contributed by atoms with E-state index in [0.29, 0.717) is 22.7 Å². The lowest BCUT2D eigenvalue weighted by Gasteiger charge is -2.38. The molecule has 50 heavy (non-hydrogen) atoms. The average Bonchev–Trinajstić information content (AvgIpc) is 3.66. The van der Waals surface area contributed by atoms with Gasteiger partial charge in [0.15, 0.2) is 0 Å². The maximum absolute atomic E-state index is 12.3. The van der Waals surface area contributed by atoms with E-state index in [1.807, 2.05) is 69.2 Å². The quantitative estimate of drug-likeness (QED) is 0.124. The third-order valence-electron chi connectivity index (χ3n) is 7.96. The van der Waals surface area contributed by atoms with Crippen molar-refractivity contribution in [1.82, 2.24) is 0 Å². The molecule has 0 fully saturated rings. The zero-order chi connectivity index (χ0) is 37.5. The summed E-state index contributed by atoms with van der Waals surface area (Å²) >= 11 is 0. The maximum atomic E-state index is 12.3. The second kappa shape index (κ2) is 17.2. The Morgan fingerprint density at radius 1 is 0.680 bits per heavy atom. The van der Waals surface area contributed by atoms with Gasteiger partial charge in [-0.15, -0.1) is 0 Å². The lowest BCUT2D eigenvalue weighted by atomic mass is 9.73. The number of hydrogen-bond donors (Lipinski definition) is 4. The summed E-state index contributed by atoms with van der Waals surface area (Å²) in [6.45, 7) is 19.4. The molecule has 0 aliphatic rings. The van der Waals surface area contributed by atoms with Gasteiger partial charge in [-0.1, -0.05) is 76.7 Å². The topological polar surface area (TPSA) is 169 Å². The second-order valence-electron chi connectivity index (χ2n) is 15.6. The minimum atomic E-state index is -1.07. The highest BCUT2D eigenvalue weighted by Crippen LogP contribution is 2.35. The molecule has 280 valence electrons. The number of esters is 1. The maximum Gasteiger partial charge on any atom is 0.374 e. The monoisotopic (exact) mass is 702 g/mol. The molecule has 11 nitrogen and oxygen atoms in total. The normalized spacial score (nSPS) is 13.2. The first-order chi connectivity index (χ1) is 22.5. The van der Waals surface area contributed by atoms with Crippen LogP contribution in [0.2, 0.25) is 0 Å². The van der Waals surface area contributed by atoms with E-state index in [1.165, 1.54) is 6.07 Å². The number of carboxylic acid groups (broad SMARTS) is 1. The lowest BCUT2D eigenvalue weighted by Crippen LogP contribution is -2.43. The average molecular weight is 703 g/mol. The van der Waals surface area contributed by atoms with Gasteiger partial charge < -0.3 is 43.5 Å². The van der Waals surface area contributed by atoms with E-state index in [9.17, 15) is 19.8 Å². The van der Waals surface area contributed by atoms with Crippen molar-refractivity contribution in [2.24, 2.45) is 21.7 Å². The van der Waals surface area contributed by atoms with Crippen LogP contribution < -0.4 is 9.47 Å². The highest BCUT2D eigenvalue weighted by Gasteiger charge is 2.38. The first-order valence-corrected chi connectivity index (χ1v) is 16.0. The van der Waals surface area contributed by atoms with Crippen molar-refractivity contribution in [3.05, 3.63) is 60.1 Å². The van der Waals surface area contributed by atoms with E-state index in [2.05, 4.69) is 0 Å². The molecule has 2 unspecified atom stereocenters. The summed E-state index contributed by atoms with van der Waals surface area (Å²) in [5.41, 5.74) is -0.292. The molecule has 2 atom stereocenters. The lowest BCUT2D eigenvalue weighted by molar-refractivity contribution is -0.0639. The van der Waals surface area contributed by atoms with Crippen molar-refractivity contribution in [3.8, 4) is 11.5 Å². The molecule has 2 aromatic carbocycles. The standard InChI is InChI=1S/C19H26O5.C10H8O4.C9H20O2.CH4/c1-18(2,3)17(21)19(4,5)11-23-16(20)15-10-12-9-13(22-6)7-8-14(12)24-15;1-13-7-2-3-8-6(4-7)5-9(14-8)10(11)12;1-8(2,3)7(11)9(4,5)6-10;/h7-10,17,21H,11H2,1-6H3;2-5H,1H3,(H,11,12);7,10-11H,6H2,1-5H3;1H4. The van der Waals surface area contributed by atoms with E-state index >= 15 is 0 Å². The Balaban J connectivity index is 0.000000409. The third kappa shape index (κ3) is 11.8. The number of carboxylic acids is 1. The van der Waals surface area contributed by atoms with Gasteiger partial charge in [0.2, 0.25) is 11.5 Å². The van der Waals surface area contributed by atoms with Gasteiger partial charge in [0.1, 0.15) is 22.7 Å². The summed E-state index contributed by atoms with van der Waals surface area (Å²) in [5, 5.41) is 39.3. The Morgan fingerprint density at radius 3 is 1.44 bits per heavy atom. The number of ether oxygens (including phenoxy) is 3. The van der Waals surface area contributed by atoms with Crippen LogP contribution >= 0.6 is 0 Å². The molecule has 11 heteroatoms. The summed E-state index contributed by atoms with van der Waals surface area (Å²) in [6, 6.07) is 13.5. The van der Waals surface area contributed by atoms with Crippen LogP contribution in [0.1, 0.15) is 97.8 Å². The molecule has 0 amide bonds. The number of furan rings is 2. The molecule has 0 aliphatic carbocycles. The molecule has 2 heterocycles. The van der Waals surface area contributed by atoms with Crippen LogP contribution in [0.5, 0.6) is 11.5 Å². The predicted molar refractivity (Wildman–Crippen MR) is 195 cm³/mol. The zero-order valence-corrected chi connectivity index (χ0v) is 30.8. The van der Waals surface area contributed by atoms with Gasteiger partial charge >= 0.3 is 11.9 Å². The van der Waals surface area contributed by atoms with Crippen LogP contribution in [0, 0.1) is 21.7 Å². The van der Waals surface area contributed by atoms with Gasteiger partial charge in [-0.05, 0) is 59.4 Å². The molecule has 0 saturated heterocycles. The Morgan fingerprint density at radius 2 is 1.08 bits per heavy atom. The number of aliphatic hydroxyl groups excluding tert-OH is 3. The number of benzene rings is 2. The Kier molecular flexibility index (Phi) is 15.2. The van der Waals surface area contributed by atoms with Gasteiger partial charge in [0, 0.05) is 21.6 Å². The largest absolute Gasteiger partial charge is 0.497 e. The summed E-state index contributed by atoms with van der Waals surface area (Å²) in [7, 11) is 3.14. The Bertz CT molecular complexity index is 1680. The van der Waals surface area contributed by atoms with Crippen molar-refractivity contribution in [2.45, 2.75) is 88.9 Å². The van der Waals surface area contributed by atoms with Crippen LogP contribution in [0.3, 0.4) is 0 Å². The van der Waals surface area contributed by atoms with Crippen LogP contribution in [-0.4, -0.2) is 72.0 Å². The van der Waals surface area contributed by atoms with E-state index < -0.39 is 35.0 Å². The first-order valence-electron chi connectivity index (χ1n) is 16.0. The summed E-state index contributed by atoms with van der Waals surface area (Å²) in [4.78, 5) is 22.9. The fourth-order valence-electron chi connectivity index (χ4n) is 5.34. The number of hydrogen-bond acceptors (Lipinski definition) is 10. The van der Waals surface area contributed by atoms with Gasteiger partial charge in [0.25, 0.3) is 0 Å². The Labute approximate surface area is 296 Å². The second-order valence-corrected chi connectivity index (χ2v) is 15.6. The van der Waals surface area contributed by atoms with Gasteiger partial charge in [-0.2, -0.15) is 0 Å². The number of aliphatic hydroxyl groups is 3. The van der Waals surface area contributed by atoms with Crippen LogP contribution in [0.25, 0.3) is 21.9 Å². The minimum Gasteiger partial charge on any atom is -0.497 e. The molecular weight excluding hydrogens is 644 g/mol. The molecule has 4 N–H and O–H groups in total. The molecule has 4 aromatic rings. The minimum absolute atomic E-state index is 0. The molecular formula is C39H58O11. The first kappa shape index (κ1) is 44.0. The molecule has 0 saturated carbocycles. The predicted octanol–water partition coefficient (Wildman–Crippen LogP) is 8.22. The number of aromatic carboxylic acids is 1. The van der Waals surface area contributed by atoms with Crippen LogP contribution in [0.4, 0.5) is 0 Å². The van der Waals surface area contributed by atoms with E-state index in [4.69, 9.17) is 33.3 Å². The summed E-state index contributed by atoms with van der Waals surface area (Å²) in [5.74, 6) is -0.167. The Hall–Kier alpha value is -4.06.